The Morgan fingerprint density at radius 1 is 1.50 bits per heavy atom. The summed E-state index contributed by atoms with van der Waals surface area (Å²) in [5.74, 6) is 1.72. The second-order valence-electron chi connectivity index (χ2n) is 4.15. The summed E-state index contributed by atoms with van der Waals surface area (Å²) >= 11 is 0. The Morgan fingerprint density at radius 2 is 2.29 bits per heavy atom. The van der Waals surface area contributed by atoms with Crippen LogP contribution >= 0.6 is 0 Å². The zero-order chi connectivity index (χ0) is 10.4. The highest BCUT2D eigenvalue weighted by molar-refractivity contribution is 5.02. The van der Waals surface area contributed by atoms with Crippen LogP contribution in [0.25, 0.3) is 0 Å². The third kappa shape index (κ3) is 4.42. The fourth-order valence-electron chi connectivity index (χ4n) is 1.35. The molecule has 0 spiro atoms. The monoisotopic (exact) mass is 196 g/mol. The van der Waals surface area contributed by atoms with E-state index in [0.717, 1.165) is 30.5 Å². The van der Waals surface area contributed by atoms with Crippen molar-refractivity contribution in [3.05, 3.63) is 17.5 Å². The third-order valence-corrected chi connectivity index (χ3v) is 2.11. The zero-order valence-electron chi connectivity index (χ0n) is 9.34. The Morgan fingerprint density at radius 3 is 2.86 bits per heavy atom. The molecule has 0 saturated heterocycles. The number of hydrogen-bond donors (Lipinski definition) is 1. The minimum atomic E-state index is 0.791. The van der Waals surface area contributed by atoms with Gasteiger partial charge in [-0.3, -0.25) is 0 Å². The van der Waals surface area contributed by atoms with Crippen molar-refractivity contribution < 1.29 is 4.52 Å². The van der Waals surface area contributed by atoms with Gasteiger partial charge in [0, 0.05) is 6.07 Å². The first-order valence-corrected chi connectivity index (χ1v) is 5.31. The van der Waals surface area contributed by atoms with Crippen LogP contribution in [0.5, 0.6) is 0 Å². The minimum Gasteiger partial charge on any atom is -0.360 e. The molecular weight excluding hydrogens is 176 g/mol. The van der Waals surface area contributed by atoms with Gasteiger partial charge in [-0.05, 0) is 32.2 Å². The van der Waals surface area contributed by atoms with Crippen LogP contribution in [-0.2, 0) is 6.54 Å². The lowest BCUT2D eigenvalue weighted by Gasteiger charge is -2.04. The third-order valence-electron chi connectivity index (χ3n) is 2.11. The van der Waals surface area contributed by atoms with E-state index in [1.54, 1.807) is 0 Å². The standard InChI is InChI=1S/C11H20N2O/c1-9(2)5-4-6-12-8-11-7-10(3)13-14-11/h7,9,12H,4-6,8H2,1-3H3. The van der Waals surface area contributed by atoms with Gasteiger partial charge in [-0.15, -0.1) is 0 Å². The highest BCUT2D eigenvalue weighted by Gasteiger charge is 1.99. The van der Waals surface area contributed by atoms with Gasteiger partial charge in [-0.25, -0.2) is 0 Å². The molecule has 0 aliphatic carbocycles. The summed E-state index contributed by atoms with van der Waals surface area (Å²) in [5.41, 5.74) is 0.948. The molecule has 0 amide bonds. The molecule has 80 valence electrons. The molecule has 1 rings (SSSR count). The molecule has 0 bridgehead atoms. The molecule has 14 heavy (non-hydrogen) atoms. The smallest absolute Gasteiger partial charge is 0.150 e. The normalized spacial score (nSPS) is 11.1. The topological polar surface area (TPSA) is 38.1 Å². The fourth-order valence-corrected chi connectivity index (χ4v) is 1.35. The maximum absolute atomic E-state index is 5.08. The lowest BCUT2D eigenvalue weighted by atomic mass is 10.1. The van der Waals surface area contributed by atoms with Crippen molar-refractivity contribution in [3.63, 3.8) is 0 Å². The lowest BCUT2D eigenvalue weighted by molar-refractivity contribution is 0.368. The van der Waals surface area contributed by atoms with Crippen LogP contribution < -0.4 is 5.32 Å². The van der Waals surface area contributed by atoms with Gasteiger partial charge in [-0.2, -0.15) is 0 Å². The summed E-state index contributed by atoms with van der Waals surface area (Å²) in [6.07, 6.45) is 2.51. The first kappa shape index (κ1) is 11.2. The van der Waals surface area contributed by atoms with Crippen molar-refractivity contribution in [1.29, 1.82) is 0 Å². The maximum Gasteiger partial charge on any atom is 0.150 e. The van der Waals surface area contributed by atoms with E-state index in [-0.39, 0.29) is 0 Å². The largest absolute Gasteiger partial charge is 0.360 e. The average Bonchev–Trinajstić information content (AvgIpc) is 2.50. The van der Waals surface area contributed by atoms with Gasteiger partial charge in [-0.1, -0.05) is 19.0 Å². The van der Waals surface area contributed by atoms with Gasteiger partial charge in [0.25, 0.3) is 0 Å². The second-order valence-corrected chi connectivity index (χ2v) is 4.15. The van der Waals surface area contributed by atoms with Crippen LogP contribution in [0.4, 0.5) is 0 Å². The molecule has 1 heterocycles. The molecule has 3 heteroatoms. The maximum atomic E-state index is 5.08. The second kappa shape index (κ2) is 5.81. The Labute approximate surface area is 85.9 Å². The van der Waals surface area contributed by atoms with E-state index in [1.165, 1.54) is 12.8 Å². The van der Waals surface area contributed by atoms with Crippen LogP contribution in [0.2, 0.25) is 0 Å². The van der Waals surface area contributed by atoms with Crippen LogP contribution in [0.1, 0.15) is 38.1 Å². The summed E-state index contributed by atoms with van der Waals surface area (Å²) in [6, 6.07) is 1.97. The van der Waals surface area contributed by atoms with E-state index in [4.69, 9.17) is 4.52 Å². The first-order valence-electron chi connectivity index (χ1n) is 5.31. The van der Waals surface area contributed by atoms with Crippen molar-refractivity contribution in [2.75, 3.05) is 6.54 Å². The van der Waals surface area contributed by atoms with E-state index in [9.17, 15) is 0 Å². The molecule has 0 aliphatic rings. The fraction of sp³-hybridized carbons (Fsp3) is 0.727. The van der Waals surface area contributed by atoms with Crippen LogP contribution in [0, 0.1) is 12.8 Å². The predicted octanol–water partition coefficient (Wildman–Crippen LogP) is 2.51. The molecule has 0 radical (unpaired) electrons. The summed E-state index contributed by atoms with van der Waals surface area (Å²) in [7, 11) is 0. The van der Waals surface area contributed by atoms with Crippen molar-refractivity contribution >= 4 is 0 Å². The number of nitrogens with one attached hydrogen (secondary N) is 1. The molecule has 0 aromatic carbocycles. The quantitative estimate of drug-likeness (QED) is 0.710. The van der Waals surface area contributed by atoms with Crippen molar-refractivity contribution in [2.45, 2.75) is 40.2 Å². The van der Waals surface area contributed by atoms with E-state index in [2.05, 4.69) is 24.3 Å². The van der Waals surface area contributed by atoms with Gasteiger partial charge < -0.3 is 9.84 Å². The SMILES string of the molecule is Cc1cc(CNCCCC(C)C)on1. The van der Waals surface area contributed by atoms with Crippen molar-refractivity contribution in [2.24, 2.45) is 5.92 Å². The molecule has 0 unspecified atom stereocenters. The van der Waals surface area contributed by atoms with Gasteiger partial charge in [0.2, 0.25) is 0 Å². The molecule has 0 aliphatic heterocycles. The van der Waals surface area contributed by atoms with Gasteiger partial charge >= 0.3 is 0 Å². The van der Waals surface area contributed by atoms with Crippen LogP contribution in [0.3, 0.4) is 0 Å². The number of aromatic nitrogens is 1. The molecule has 1 aromatic rings. The molecular formula is C11H20N2O. The number of nitrogens with zero attached hydrogens (tertiary/aromatic N) is 1. The predicted molar refractivity (Wildman–Crippen MR) is 57.0 cm³/mol. The van der Waals surface area contributed by atoms with E-state index in [0.29, 0.717) is 0 Å². The Bertz CT molecular complexity index is 256. The van der Waals surface area contributed by atoms with Crippen LogP contribution in [-0.4, -0.2) is 11.7 Å². The molecule has 0 fully saturated rings. The Balaban J connectivity index is 2.04. The summed E-state index contributed by atoms with van der Waals surface area (Å²) in [4.78, 5) is 0. The number of hydrogen-bond acceptors (Lipinski definition) is 3. The number of aryl methyl sites for hydroxylation is 1. The highest BCUT2D eigenvalue weighted by atomic mass is 16.5. The first-order chi connectivity index (χ1) is 6.68. The molecule has 0 saturated carbocycles. The molecule has 1 N–H and O–H groups in total. The summed E-state index contributed by atoms with van der Waals surface area (Å²) in [6.45, 7) is 8.28. The summed E-state index contributed by atoms with van der Waals surface area (Å²) < 4.78 is 5.08. The number of rotatable bonds is 6. The molecule has 1 aromatic heterocycles. The van der Waals surface area contributed by atoms with Gasteiger partial charge in [0.1, 0.15) is 0 Å². The van der Waals surface area contributed by atoms with E-state index < -0.39 is 0 Å². The highest BCUT2D eigenvalue weighted by Crippen LogP contribution is 2.03. The molecule has 3 nitrogen and oxygen atoms in total. The minimum absolute atomic E-state index is 0.791. The van der Waals surface area contributed by atoms with Crippen LogP contribution in [0.15, 0.2) is 10.6 Å². The van der Waals surface area contributed by atoms with E-state index in [1.807, 2.05) is 13.0 Å². The average molecular weight is 196 g/mol. The Kier molecular flexibility index (Phi) is 4.66. The van der Waals surface area contributed by atoms with E-state index >= 15 is 0 Å². The Hall–Kier alpha value is -0.830. The zero-order valence-corrected chi connectivity index (χ0v) is 9.34. The summed E-state index contributed by atoms with van der Waals surface area (Å²) in [5, 5.41) is 7.17. The van der Waals surface area contributed by atoms with Gasteiger partial charge in [0.15, 0.2) is 5.76 Å². The molecule has 0 atom stereocenters. The van der Waals surface area contributed by atoms with Crippen molar-refractivity contribution in [1.82, 2.24) is 10.5 Å². The van der Waals surface area contributed by atoms with Gasteiger partial charge in [0.05, 0.1) is 12.2 Å². The van der Waals surface area contributed by atoms with Crippen molar-refractivity contribution in [3.8, 4) is 0 Å². The lowest BCUT2D eigenvalue weighted by Crippen LogP contribution is -2.14.